The van der Waals surface area contributed by atoms with Gasteiger partial charge in [0.05, 0.1) is 4.47 Å². The van der Waals surface area contributed by atoms with Crippen LogP contribution in [-0.2, 0) is 6.54 Å². The topological polar surface area (TPSA) is 44.5 Å². The molecule has 15 heavy (non-hydrogen) atoms. The monoisotopic (exact) mass is 271 g/mol. The summed E-state index contributed by atoms with van der Waals surface area (Å²) in [6.45, 7) is 5.09. The molecular weight excluding hydrogens is 258 g/mol. The van der Waals surface area contributed by atoms with Crippen LogP contribution in [0.1, 0.15) is 30.9 Å². The first-order chi connectivity index (χ1) is 7.15. The van der Waals surface area contributed by atoms with Crippen molar-refractivity contribution in [3.63, 3.8) is 0 Å². The van der Waals surface area contributed by atoms with Gasteiger partial charge < -0.3 is 15.2 Å². The van der Waals surface area contributed by atoms with E-state index in [1.807, 2.05) is 6.07 Å². The number of fused-ring (bicyclic) bond motifs is 1. The Bertz CT molecular complexity index is 391. The SMILES string of the molecule is CC(C)c1c(CN)cc2c(c1Br)OCO2. The van der Waals surface area contributed by atoms with E-state index in [0.29, 0.717) is 19.3 Å². The van der Waals surface area contributed by atoms with Gasteiger partial charge in [0, 0.05) is 6.54 Å². The fraction of sp³-hybridized carbons (Fsp3) is 0.455. The van der Waals surface area contributed by atoms with E-state index < -0.39 is 0 Å². The molecule has 3 nitrogen and oxygen atoms in total. The van der Waals surface area contributed by atoms with Gasteiger partial charge in [-0.15, -0.1) is 0 Å². The Balaban J connectivity index is 2.62. The van der Waals surface area contributed by atoms with Gasteiger partial charge in [-0.05, 0) is 39.0 Å². The Labute approximate surface area is 97.7 Å². The molecule has 0 amide bonds. The smallest absolute Gasteiger partial charge is 0.231 e. The van der Waals surface area contributed by atoms with Crippen molar-refractivity contribution in [3.8, 4) is 11.5 Å². The van der Waals surface area contributed by atoms with E-state index in [9.17, 15) is 0 Å². The lowest BCUT2D eigenvalue weighted by Crippen LogP contribution is -2.04. The minimum absolute atomic E-state index is 0.291. The first-order valence-corrected chi connectivity index (χ1v) is 5.75. The summed E-state index contributed by atoms with van der Waals surface area (Å²) < 4.78 is 11.7. The summed E-state index contributed by atoms with van der Waals surface area (Å²) in [6, 6.07) is 1.97. The summed E-state index contributed by atoms with van der Waals surface area (Å²) in [7, 11) is 0. The van der Waals surface area contributed by atoms with Gasteiger partial charge in [-0.3, -0.25) is 0 Å². The molecule has 0 saturated heterocycles. The average molecular weight is 272 g/mol. The van der Waals surface area contributed by atoms with Gasteiger partial charge in [-0.1, -0.05) is 13.8 Å². The van der Waals surface area contributed by atoms with Crippen LogP contribution in [0.15, 0.2) is 10.5 Å². The van der Waals surface area contributed by atoms with Crippen molar-refractivity contribution >= 4 is 15.9 Å². The average Bonchev–Trinajstić information content (AvgIpc) is 2.64. The Kier molecular flexibility index (Phi) is 2.89. The van der Waals surface area contributed by atoms with E-state index in [0.717, 1.165) is 21.5 Å². The quantitative estimate of drug-likeness (QED) is 0.900. The maximum atomic E-state index is 5.73. The summed E-state index contributed by atoms with van der Waals surface area (Å²) in [6.07, 6.45) is 0. The number of rotatable bonds is 2. The van der Waals surface area contributed by atoms with Crippen LogP contribution in [0.3, 0.4) is 0 Å². The fourth-order valence-corrected chi connectivity index (χ4v) is 2.88. The molecule has 1 heterocycles. The maximum absolute atomic E-state index is 5.73. The zero-order valence-electron chi connectivity index (χ0n) is 8.84. The third kappa shape index (κ3) is 1.72. The van der Waals surface area contributed by atoms with Crippen LogP contribution in [0.5, 0.6) is 11.5 Å². The Morgan fingerprint density at radius 1 is 1.47 bits per heavy atom. The van der Waals surface area contributed by atoms with Gasteiger partial charge in [0.2, 0.25) is 6.79 Å². The largest absolute Gasteiger partial charge is 0.454 e. The first-order valence-electron chi connectivity index (χ1n) is 4.96. The van der Waals surface area contributed by atoms with Crippen molar-refractivity contribution in [3.05, 3.63) is 21.7 Å². The molecule has 0 saturated carbocycles. The zero-order chi connectivity index (χ0) is 11.0. The molecule has 0 unspecified atom stereocenters. The second-order valence-electron chi connectivity index (χ2n) is 3.86. The number of ether oxygens (including phenoxy) is 2. The molecule has 1 aromatic carbocycles. The molecule has 1 aliphatic heterocycles. The van der Waals surface area contributed by atoms with E-state index in [-0.39, 0.29) is 0 Å². The molecule has 4 heteroatoms. The third-order valence-corrected chi connectivity index (χ3v) is 3.31. The lowest BCUT2D eigenvalue weighted by atomic mass is 9.96. The molecule has 0 spiro atoms. The molecule has 0 fully saturated rings. The van der Waals surface area contributed by atoms with Crippen molar-refractivity contribution in [1.29, 1.82) is 0 Å². The number of hydrogen-bond donors (Lipinski definition) is 1. The molecule has 0 atom stereocenters. The highest BCUT2D eigenvalue weighted by molar-refractivity contribution is 9.10. The summed E-state index contributed by atoms with van der Waals surface area (Å²) in [4.78, 5) is 0. The lowest BCUT2D eigenvalue weighted by Gasteiger charge is -2.15. The van der Waals surface area contributed by atoms with Crippen LogP contribution in [0.25, 0.3) is 0 Å². The molecular formula is C11H14BrNO2. The zero-order valence-corrected chi connectivity index (χ0v) is 10.4. The second-order valence-corrected chi connectivity index (χ2v) is 4.65. The second kappa shape index (κ2) is 4.02. The maximum Gasteiger partial charge on any atom is 0.231 e. The normalized spacial score (nSPS) is 13.7. The minimum atomic E-state index is 0.291. The van der Waals surface area contributed by atoms with Gasteiger partial charge in [-0.25, -0.2) is 0 Å². The molecule has 82 valence electrons. The van der Waals surface area contributed by atoms with Gasteiger partial charge in [0.15, 0.2) is 11.5 Å². The predicted molar refractivity (Wildman–Crippen MR) is 62.2 cm³/mol. The Morgan fingerprint density at radius 3 is 2.80 bits per heavy atom. The van der Waals surface area contributed by atoms with Crippen LogP contribution in [0.2, 0.25) is 0 Å². The van der Waals surface area contributed by atoms with Gasteiger partial charge in [-0.2, -0.15) is 0 Å². The van der Waals surface area contributed by atoms with Crippen LogP contribution in [0.4, 0.5) is 0 Å². The van der Waals surface area contributed by atoms with E-state index in [1.54, 1.807) is 0 Å². The van der Waals surface area contributed by atoms with Crippen LogP contribution in [0, 0.1) is 0 Å². The van der Waals surface area contributed by atoms with E-state index in [1.165, 1.54) is 5.56 Å². The molecule has 1 aromatic rings. The Morgan fingerprint density at radius 2 is 2.20 bits per heavy atom. The number of halogens is 1. The fourth-order valence-electron chi connectivity index (χ4n) is 1.86. The highest BCUT2D eigenvalue weighted by Crippen LogP contribution is 2.45. The molecule has 1 aliphatic rings. The lowest BCUT2D eigenvalue weighted by molar-refractivity contribution is 0.173. The summed E-state index contributed by atoms with van der Waals surface area (Å²) >= 11 is 3.56. The highest BCUT2D eigenvalue weighted by Gasteiger charge is 2.23. The molecule has 0 aromatic heterocycles. The predicted octanol–water partition coefficient (Wildman–Crippen LogP) is 2.76. The first kappa shape index (κ1) is 10.8. The molecule has 2 rings (SSSR count). The van der Waals surface area contributed by atoms with Gasteiger partial charge in [0.1, 0.15) is 0 Å². The van der Waals surface area contributed by atoms with E-state index in [2.05, 4.69) is 29.8 Å². The van der Waals surface area contributed by atoms with Crippen LogP contribution in [-0.4, -0.2) is 6.79 Å². The van der Waals surface area contributed by atoms with Crippen LogP contribution >= 0.6 is 15.9 Å². The molecule has 0 bridgehead atoms. The van der Waals surface area contributed by atoms with Crippen molar-refractivity contribution in [1.82, 2.24) is 0 Å². The number of hydrogen-bond acceptors (Lipinski definition) is 3. The minimum Gasteiger partial charge on any atom is -0.454 e. The van der Waals surface area contributed by atoms with Gasteiger partial charge >= 0.3 is 0 Å². The van der Waals surface area contributed by atoms with Crippen molar-refractivity contribution < 1.29 is 9.47 Å². The molecule has 2 N–H and O–H groups in total. The Hall–Kier alpha value is -0.740. The highest BCUT2D eigenvalue weighted by atomic mass is 79.9. The summed E-state index contributed by atoms with van der Waals surface area (Å²) in [5.74, 6) is 2.00. The van der Waals surface area contributed by atoms with E-state index in [4.69, 9.17) is 15.2 Å². The molecule has 0 aliphatic carbocycles. The van der Waals surface area contributed by atoms with Gasteiger partial charge in [0.25, 0.3) is 0 Å². The third-order valence-electron chi connectivity index (χ3n) is 2.53. The summed E-state index contributed by atoms with van der Waals surface area (Å²) in [5, 5.41) is 0. The number of nitrogens with two attached hydrogens (primary N) is 1. The van der Waals surface area contributed by atoms with Crippen LogP contribution < -0.4 is 15.2 Å². The van der Waals surface area contributed by atoms with Crippen molar-refractivity contribution in [2.45, 2.75) is 26.3 Å². The van der Waals surface area contributed by atoms with Crippen molar-refractivity contribution in [2.24, 2.45) is 5.73 Å². The summed E-state index contributed by atoms with van der Waals surface area (Å²) in [5.41, 5.74) is 8.06. The standard InChI is InChI=1S/C11H14BrNO2/c1-6(2)9-7(4-13)3-8-11(10(9)12)15-5-14-8/h3,6H,4-5,13H2,1-2H3. The number of benzene rings is 1. The van der Waals surface area contributed by atoms with Crippen molar-refractivity contribution in [2.75, 3.05) is 6.79 Å². The van der Waals surface area contributed by atoms with E-state index >= 15 is 0 Å². The molecule has 0 radical (unpaired) electrons.